The molecule has 0 saturated carbocycles. The first-order chi connectivity index (χ1) is 10.7. The summed E-state index contributed by atoms with van der Waals surface area (Å²) in [5.41, 5.74) is 1.69. The molecule has 0 aromatic heterocycles. The Morgan fingerprint density at radius 3 is 2.52 bits per heavy atom. The molecular formula is C17H20Cl2FNO2. The van der Waals surface area contributed by atoms with Gasteiger partial charge >= 0.3 is 0 Å². The lowest BCUT2D eigenvalue weighted by Gasteiger charge is -2.12. The molecule has 0 bridgehead atoms. The van der Waals surface area contributed by atoms with Gasteiger partial charge in [0.1, 0.15) is 5.82 Å². The Labute approximate surface area is 147 Å². The standard InChI is InChI=1S/C17H19ClFNO2.ClH/c1-21-16-10-12(9-14(18)17(16)22-2)11-20-8-7-13-5-3-4-6-15(13)19;/h3-6,9-10,20H,7-8,11H2,1-2H3;1H. The van der Waals surface area contributed by atoms with Crippen LogP contribution in [-0.4, -0.2) is 20.8 Å². The molecule has 0 radical (unpaired) electrons. The van der Waals surface area contributed by atoms with E-state index in [2.05, 4.69) is 5.32 Å². The number of halogens is 3. The second-order valence-electron chi connectivity index (χ2n) is 4.83. The molecule has 3 nitrogen and oxygen atoms in total. The van der Waals surface area contributed by atoms with E-state index in [1.54, 1.807) is 26.4 Å². The molecule has 0 heterocycles. The predicted octanol–water partition coefficient (Wildman–Crippen LogP) is 4.25. The quantitative estimate of drug-likeness (QED) is 0.749. The molecule has 0 saturated heterocycles. The lowest BCUT2D eigenvalue weighted by Crippen LogP contribution is -2.17. The van der Waals surface area contributed by atoms with Gasteiger partial charge in [-0.15, -0.1) is 12.4 Å². The van der Waals surface area contributed by atoms with Crippen LogP contribution in [0.3, 0.4) is 0 Å². The molecule has 0 unspecified atom stereocenters. The summed E-state index contributed by atoms with van der Waals surface area (Å²) in [6, 6.07) is 10.5. The van der Waals surface area contributed by atoms with Crippen molar-refractivity contribution in [2.45, 2.75) is 13.0 Å². The number of hydrogen-bond donors (Lipinski definition) is 1. The van der Waals surface area contributed by atoms with Crippen molar-refractivity contribution in [3.8, 4) is 11.5 Å². The first-order valence-corrected chi connectivity index (χ1v) is 7.38. The Hall–Kier alpha value is -1.49. The van der Waals surface area contributed by atoms with Crippen molar-refractivity contribution in [2.75, 3.05) is 20.8 Å². The van der Waals surface area contributed by atoms with Crippen LogP contribution in [0.15, 0.2) is 36.4 Å². The zero-order chi connectivity index (χ0) is 15.9. The van der Waals surface area contributed by atoms with Crippen LogP contribution < -0.4 is 14.8 Å². The second-order valence-corrected chi connectivity index (χ2v) is 5.24. The van der Waals surface area contributed by atoms with E-state index < -0.39 is 0 Å². The van der Waals surface area contributed by atoms with Crippen LogP contribution in [0.25, 0.3) is 0 Å². The highest BCUT2D eigenvalue weighted by Gasteiger charge is 2.10. The predicted molar refractivity (Wildman–Crippen MR) is 93.6 cm³/mol. The van der Waals surface area contributed by atoms with Gasteiger partial charge in [-0.3, -0.25) is 0 Å². The van der Waals surface area contributed by atoms with Crippen LogP contribution in [0.5, 0.6) is 11.5 Å². The van der Waals surface area contributed by atoms with Crippen LogP contribution >= 0.6 is 24.0 Å². The van der Waals surface area contributed by atoms with Crippen LogP contribution in [-0.2, 0) is 13.0 Å². The molecule has 0 aliphatic rings. The van der Waals surface area contributed by atoms with Crippen molar-refractivity contribution < 1.29 is 13.9 Å². The first kappa shape index (κ1) is 19.6. The molecule has 2 rings (SSSR count). The summed E-state index contributed by atoms with van der Waals surface area (Å²) in [5.74, 6) is 0.957. The maximum Gasteiger partial charge on any atom is 0.179 e. The molecule has 0 aliphatic carbocycles. The second kappa shape index (κ2) is 9.60. The number of methoxy groups -OCH3 is 2. The van der Waals surface area contributed by atoms with Gasteiger partial charge in [-0.1, -0.05) is 29.8 Å². The van der Waals surface area contributed by atoms with E-state index in [1.165, 1.54) is 6.07 Å². The van der Waals surface area contributed by atoms with Crippen molar-refractivity contribution in [1.82, 2.24) is 5.32 Å². The Morgan fingerprint density at radius 2 is 1.87 bits per heavy atom. The highest BCUT2D eigenvalue weighted by molar-refractivity contribution is 6.32. The topological polar surface area (TPSA) is 30.5 Å². The van der Waals surface area contributed by atoms with E-state index in [1.807, 2.05) is 18.2 Å². The normalized spacial score (nSPS) is 10.1. The highest BCUT2D eigenvalue weighted by atomic mass is 35.5. The molecule has 6 heteroatoms. The van der Waals surface area contributed by atoms with E-state index in [-0.39, 0.29) is 18.2 Å². The van der Waals surface area contributed by atoms with Crippen LogP contribution in [0.2, 0.25) is 5.02 Å². The van der Waals surface area contributed by atoms with Gasteiger partial charge in [0.15, 0.2) is 11.5 Å². The molecule has 23 heavy (non-hydrogen) atoms. The minimum Gasteiger partial charge on any atom is -0.493 e. The van der Waals surface area contributed by atoms with Crippen LogP contribution in [0.4, 0.5) is 4.39 Å². The Bertz CT molecular complexity index is 638. The van der Waals surface area contributed by atoms with Gasteiger partial charge in [-0.2, -0.15) is 0 Å². The van der Waals surface area contributed by atoms with E-state index in [0.717, 1.165) is 5.56 Å². The van der Waals surface area contributed by atoms with Gasteiger partial charge in [0.05, 0.1) is 19.2 Å². The summed E-state index contributed by atoms with van der Waals surface area (Å²) in [7, 11) is 3.12. The van der Waals surface area contributed by atoms with Gasteiger partial charge in [0.2, 0.25) is 0 Å². The number of nitrogens with one attached hydrogen (secondary N) is 1. The Balaban J connectivity index is 0.00000264. The lowest BCUT2D eigenvalue weighted by atomic mass is 10.1. The summed E-state index contributed by atoms with van der Waals surface area (Å²) in [6.45, 7) is 1.29. The van der Waals surface area contributed by atoms with E-state index in [4.69, 9.17) is 21.1 Å². The minimum absolute atomic E-state index is 0. The molecule has 2 aromatic carbocycles. The number of benzene rings is 2. The third-order valence-electron chi connectivity index (χ3n) is 3.35. The SMILES string of the molecule is COc1cc(CNCCc2ccccc2F)cc(Cl)c1OC.Cl. The summed E-state index contributed by atoms with van der Waals surface area (Å²) in [4.78, 5) is 0. The van der Waals surface area contributed by atoms with Gasteiger partial charge in [0, 0.05) is 6.54 Å². The molecule has 0 fully saturated rings. The zero-order valence-corrected chi connectivity index (χ0v) is 14.6. The van der Waals surface area contributed by atoms with Gasteiger partial charge in [-0.05, 0) is 42.3 Å². The van der Waals surface area contributed by atoms with E-state index in [9.17, 15) is 4.39 Å². The third kappa shape index (κ3) is 5.27. The average molecular weight is 360 g/mol. The number of hydrogen-bond acceptors (Lipinski definition) is 3. The Kier molecular flexibility index (Phi) is 8.17. The molecule has 0 aliphatic heterocycles. The Morgan fingerprint density at radius 1 is 1.13 bits per heavy atom. The van der Waals surface area contributed by atoms with Crippen molar-refractivity contribution >= 4 is 24.0 Å². The zero-order valence-electron chi connectivity index (χ0n) is 13.1. The van der Waals surface area contributed by atoms with Crippen molar-refractivity contribution in [3.05, 3.63) is 58.4 Å². The van der Waals surface area contributed by atoms with Gasteiger partial charge < -0.3 is 14.8 Å². The van der Waals surface area contributed by atoms with E-state index >= 15 is 0 Å². The largest absolute Gasteiger partial charge is 0.493 e. The molecule has 0 atom stereocenters. The summed E-state index contributed by atoms with van der Waals surface area (Å²) < 4.78 is 24.0. The molecular weight excluding hydrogens is 340 g/mol. The molecule has 126 valence electrons. The summed E-state index contributed by atoms with van der Waals surface area (Å²) in [6.07, 6.45) is 0.633. The third-order valence-corrected chi connectivity index (χ3v) is 3.63. The molecule has 0 spiro atoms. The van der Waals surface area contributed by atoms with Crippen LogP contribution in [0, 0.1) is 5.82 Å². The fourth-order valence-electron chi connectivity index (χ4n) is 2.23. The van der Waals surface area contributed by atoms with E-state index in [0.29, 0.717) is 41.6 Å². The monoisotopic (exact) mass is 359 g/mol. The number of ether oxygens (including phenoxy) is 2. The van der Waals surface area contributed by atoms with Gasteiger partial charge in [-0.25, -0.2) is 4.39 Å². The maximum atomic E-state index is 13.5. The van der Waals surface area contributed by atoms with Crippen molar-refractivity contribution in [3.63, 3.8) is 0 Å². The molecule has 0 amide bonds. The maximum absolute atomic E-state index is 13.5. The minimum atomic E-state index is -0.168. The van der Waals surface area contributed by atoms with Crippen molar-refractivity contribution in [1.29, 1.82) is 0 Å². The first-order valence-electron chi connectivity index (χ1n) is 7.00. The van der Waals surface area contributed by atoms with Crippen molar-refractivity contribution in [2.24, 2.45) is 0 Å². The summed E-state index contributed by atoms with van der Waals surface area (Å²) in [5, 5.41) is 3.78. The van der Waals surface area contributed by atoms with Crippen LogP contribution in [0.1, 0.15) is 11.1 Å². The fourth-order valence-corrected chi connectivity index (χ4v) is 2.54. The molecule has 1 N–H and O–H groups in total. The smallest absolute Gasteiger partial charge is 0.179 e. The summed E-state index contributed by atoms with van der Waals surface area (Å²) >= 11 is 6.16. The molecule has 2 aromatic rings. The number of rotatable bonds is 7. The lowest BCUT2D eigenvalue weighted by molar-refractivity contribution is 0.354. The highest BCUT2D eigenvalue weighted by Crippen LogP contribution is 2.35. The average Bonchev–Trinajstić information content (AvgIpc) is 2.52. The fraction of sp³-hybridized carbons (Fsp3) is 0.294. The van der Waals surface area contributed by atoms with Gasteiger partial charge in [0.25, 0.3) is 0 Å².